The van der Waals surface area contributed by atoms with Gasteiger partial charge < -0.3 is 10.3 Å². The molecule has 2 N–H and O–H groups in total. The first kappa shape index (κ1) is 13.1. The van der Waals surface area contributed by atoms with Crippen LogP contribution in [0.3, 0.4) is 0 Å². The molecule has 0 spiro atoms. The molecule has 0 atom stereocenters. The standard InChI is InChI=1S/C14H17FIN3/c1-8-2-4-9(5-3-8)19-13-6-10(15)11(16)7-12(13)18-14(19)17/h6-9H,2-5H2,1H3,(H2,17,18). The predicted octanol–water partition coefficient (Wildman–Crippen LogP) is 4.11. The second kappa shape index (κ2) is 4.92. The van der Waals surface area contributed by atoms with Crippen LogP contribution in [0.5, 0.6) is 0 Å². The van der Waals surface area contributed by atoms with Gasteiger partial charge >= 0.3 is 0 Å². The van der Waals surface area contributed by atoms with Crippen molar-refractivity contribution in [3.63, 3.8) is 0 Å². The lowest BCUT2D eigenvalue weighted by Gasteiger charge is -2.28. The highest BCUT2D eigenvalue weighted by Crippen LogP contribution is 2.36. The summed E-state index contributed by atoms with van der Waals surface area (Å²) in [6.45, 7) is 2.29. The maximum atomic E-state index is 13.8. The highest BCUT2D eigenvalue weighted by molar-refractivity contribution is 14.1. The van der Waals surface area contributed by atoms with Crippen molar-refractivity contribution in [1.82, 2.24) is 9.55 Å². The monoisotopic (exact) mass is 373 g/mol. The fourth-order valence-corrected chi connectivity index (χ4v) is 3.44. The normalized spacial score (nSPS) is 23.9. The number of anilines is 1. The summed E-state index contributed by atoms with van der Waals surface area (Å²) in [4.78, 5) is 4.38. The van der Waals surface area contributed by atoms with Gasteiger partial charge in [-0.15, -0.1) is 0 Å². The molecule has 1 saturated carbocycles. The number of benzene rings is 1. The molecule has 1 aromatic heterocycles. The van der Waals surface area contributed by atoms with Crippen molar-refractivity contribution in [3.8, 4) is 0 Å². The van der Waals surface area contributed by atoms with Gasteiger partial charge in [0.1, 0.15) is 5.82 Å². The molecule has 19 heavy (non-hydrogen) atoms. The molecular formula is C14H17FIN3. The van der Waals surface area contributed by atoms with Gasteiger partial charge in [0.25, 0.3) is 0 Å². The molecule has 0 aliphatic heterocycles. The van der Waals surface area contributed by atoms with Crippen LogP contribution in [-0.4, -0.2) is 9.55 Å². The quantitative estimate of drug-likeness (QED) is 0.765. The van der Waals surface area contributed by atoms with Gasteiger partial charge in [0.15, 0.2) is 0 Å². The van der Waals surface area contributed by atoms with E-state index in [1.807, 2.05) is 27.2 Å². The number of aromatic nitrogens is 2. The molecule has 102 valence electrons. The van der Waals surface area contributed by atoms with Crippen molar-refractivity contribution in [2.45, 2.75) is 38.6 Å². The predicted molar refractivity (Wildman–Crippen MR) is 83.5 cm³/mol. The lowest BCUT2D eigenvalue weighted by atomic mass is 9.87. The molecule has 1 aromatic carbocycles. The van der Waals surface area contributed by atoms with Crippen LogP contribution in [0.15, 0.2) is 12.1 Å². The fourth-order valence-electron chi connectivity index (χ4n) is 2.99. The minimum Gasteiger partial charge on any atom is -0.369 e. The van der Waals surface area contributed by atoms with Crippen LogP contribution in [0.4, 0.5) is 10.3 Å². The van der Waals surface area contributed by atoms with Gasteiger partial charge in [-0.1, -0.05) is 6.92 Å². The number of imidazole rings is 1. The van der Waals surface area contributed by atoms with Crippen LogP contribution in [0.2, 0.25) is 0 Å². The maximum absolute atomic E-state index is 13.8. The summed E-state index contributed by atoms with van der Waals surface area (Å²) in [5.74, 6) is 1.10. The third-order valence-corrected chi connectivity index (χ3v) is 4.94. The van der Waals surface area contributed by atoms with Crippen LogP contribution in [0.25, 0.3) is 11.0 Å². The van der Waals surface area contributed by atoms with E-state index in [1.54, 1.807) is 12.1 Å². The zero-order chi connectivity index (χ0) is 13.6. The molecule has 1 aliphatic carbocycles. The molecule has 0 bridgehead atoms. The van der Waals surface area contributed by atoms with Gasteiger partial charge in [-0.3, -0.25) is 0 Å². The molecule has 3 nitrogen and oxygen atoms in total. The van der Waals surface area contributed by atoms with Crippen LogP contribution in [-0.2, 0) is 0 Å². The topological polar surface area (TPSA) is 43.8 Å². The van der Waals surface area contributed by atoms with E-state index in [1.165, 1.54) is 12.8 Å². The van der Waals surface area contributed by atoms with Gasteiger partial charge in [0.2, 0.25) is 5.95 Å². The Hall–Kier alpha value is -0.850. The maximum Gasteiger partial charge on any atom is 0.201 e. The van der Waals surface area contributed by atoms with Crippen molar-refractivity contribution in [3.05, 3.63) is 21.5 Å². The highest BCUT2D eigenvalue weighted by Gasteiger charge is 2.23. The Labute approximate surface area is 125 Å². The SMILES string of the molecule is CC1CCC(n2c(N)nc3cc(I)c(F)cc32)CC1. The molecule has 0 radical (unpaired) electrons. The molecular weight excluding hydrogens is 356 g/mol. The summed E-state index contributed by atoms with van der Waals surface area (Å²) in [7, 11) is 0. The van der Waals surface area contributed by atoms with E-state index in [-0.39, 0.29) is 5.82 Å². The van der Waals surface area contributed by atoms with Crippen LogP contribution in [0.1, 0.15) is 38.6 Å². The van der Waals surface area contributed by atoms with Crippen molar-refractivity contribution >= 4 is 39.6 Å². The summed E-state index contributed by atoms with van der Waals surface area (Å²) in [5.41, 5.74) is 7.67. The van der Waals surface area contributed by atoms with Gasteiger partial charge in [0.05, 0.1) is 14.6 Å². The minimum atomic E-state index is -0.196. The second-order valence-electron chi connectivity index (χ2n) is 5.51. The van der Waals surface area contributed by atoms with Crippen molar-refractivity contribution < 1.29 is 4.39 Å². The lowest BCUT2D eigenvalue weighted by Crippen LogP contribution is -2.18. The lowest BCUT2D eigenvalue weighted by molar-refractivity contribution is 0.296. The largest absolute Gasteiger partial charge is 0.369 e. The molecule has 1 fully saturated rings. The zero-order valence-corrected chi connectivity index (χ0v) is 13.0. The Morgan fingerprint density at radius 2 is 2.00 bits per heavy atom. The fraction of sp³-hybridized carbons (Fsp3) is 0.500. The van der Waals surface area contributed by atoms with E-state index >= 15 is 0 Å². The number of halogens is 2. The smallest absolute Gasteiger partial charge is 0.201 e. The number of fused-ring (bicyclic) bond motifs is 1. The van der Waals surface area contributed by atoms with E-state index in [9.17, 15) is 4.39 Å². The third-order valence-electron chi connectivity index (χ3n) is 4.11. The molecule has 0 unspecified atom stereocenters. The first-order chi connectivity index (χ1) is 9.06. The number of hydrogen-bond acceptors (Lipinski definition) is 2. The molecule has 1 aliphatic rings. The van der Waals surface area contributed by atoms with E-state index in [0.29, 0.717) is 15.6 Å². The van der Waals surface area contributed by atoms with Crippen molar-refractivity contribution in [1.29, 1.82) is 0 Å². The molecule has 5 heteroatoms. The van der Waals surface area contributed by atoms with Gasteiger partial charge in [-0.2, -0.15) is 0 Å². The molecule has 0 saturated heterocycles. The summed E-state index contributed by atoms with van der Waals surface area (Å²) < 4.78 is 16.4. The minimum absolute atomic E-state index is 0.196. The second-order valence-corrected chi connectivity index (χ2v) is 6.67. The van der Waals surface area contributed by atoms with Crippen molar-refractivity contribution in [2.24, 2.45) is 5.92 Å². The van der Waals surface area contributed by atoms with E-state index < -0.39 is 0 Å². The van der Waals surface area contributed by atoms with E-state index in [0.717, 1.165) is 29.8 Å². The summed E-state index contributed by atoms with van der Waals surface area (Å²) in [5, 5.41) is 0. The Bertz CT molecular complexity index is 615. The van der Waals surface area contributed by atoms with Gasteiger partial charge in [-0.25, -0.2) is 9.37 Å². The highest BCUT2D eigenvalue weighted by atomic mass is 127. The van der Waals surface area contributed by atoms with Crippen LogP contribution >= 0.6 is 22.6 Å². The van der Waals surface area contributed by atoms with Gasteiger partial charge in [-0.05, 0) is 60.3 Å². The Morgan fingerprint density at radius 1 is 1.32 bits per heavy atom. The summed E-state index contributed by atoms with van der Waals surface area (Å²) in [6.07, 6.45) is 4.61. The Balaban J connectivity index is 2.07. The number of hydrogen-bond donors (Lipinski definition) is 1. The molecule has 3 rings (SSSR count). The molecule has 0 amide bonds. The molecule has 2 aromatic rings. The number of nitrogens with zero attached hydrogens (tertiary/aromatic N) is 2. The average Bonchev–Trinajstić information content (AvgIpc) is 2.67. The number of nitrogens with two attached hydrogens (primary N) is 1. The van der Waals surface area contributed by atoms with Crippen LogP contribution in [0, 0.1) is 15.3 Å². The Morgan fingerprint density at radius 3 is 2.68 bits per heavy atom. The van der Waals surface area contributed by atoms with E-state index in [2.05, 4.69) is 11.9 Å². The first-order valence-corrected chi connectivity index (χ1v) is 7.76. The van der Waals surface area contributed by atoms with E-state index in [4.69, 9.17) is 5.73 Å². The van der Waals surface area contributed by atoms with Crippen molar-refractivity contribution in [2.75, 3.05) is 5.73 Å². The first-order valence-electron chi connectivity index (χ1n) is 6.68. The summed E-state index contributed by atoms with van der Waals surface area (Å²) >= 11 is 1.99. The Kier molecular flexibility index (Phi) is 3.41. The zero-order valence-electron chi connectivity index (χ0n) is 10.9. The average molecular weight is 373 g/mol. The number of rotatable bonds is 1. The van der Waals surface area contributed by atoms with Crippen LogP contribution < -0.4 is 5.73 Å². The number of nitrogen functional groups attached to an aromatic ring is 1. The molecule has 1 heterocycles. The van der Waals surface area contributed by atoms with Gasteiger partial charge in [0, 0.05) is 12.1 Å². The summed E-state index contributed by atoms with van der Waals surface area (Å²) in [6, 6.07) is 3.70. The third kappa shape index (κ3) is 2.32.